The van der Waals surface area contributed by atoms with Gasteiger partial charge in [0.05, 0.1) is 12.2 Å². The molecule has 3 aliphatic rings. The average molecular weight is 448 g/mol. The van der Waals surface area contributed by atoms with Crippen molar-refractivity contribution in [2.75, 3.05) is 77.4 Å². The van der Waals surface area contributed by atoms with E-state index in [4.69, 9.17) is 4.98 Å². The fraction of sp³-hybridized carbons (Fsp3) is 0.773. The van der Waals surface area contributed by atoms with Crippen molar-refractivity contribution in [1.29, 1.82) is 0 Å². The van der Waals surface area contributed by atoms with Gasteiger partial charge in [-0.05, 0) is 32.1 Å². The van der Waals surface area contributed by atoms with Crippen molar-refractivity contribution in [3.05, 3.63) is 11.1 Å². The van der Waals surface area contributed by atoms with E-state index >= 15 is 0 Å². The number of piperazine rings is 1. The molecule has 0 radical (unpaired) electrons. The molecule has 4 rings (SSSR count). The van der Waals surface area contributed by atoms with Crippen LogP contribution in [0.2, 0.25) is 0 Å². The highest BCUT2D eigenvalue weighted by molar-refractivity contribution is 7.13. The number of aromatic nitrogens is 1. The molecule has 0 unspecified atom stereocenters. The predicted molar refractivity (Wildman–Crippen MR) is 127 cm³/mol. The predicted octanol–water partition coefficient (Wildman–Crippen LogP) is 1.49. The second-order valence-corrected chi connectivity index (χ2v) is 9.58. The number of rotatable bonds is 6. The standard InChI is InChI=1S/C22H37N7OS/c1-23-21(24-8-7-19-18-31-22(25-19)29-11-5-6-12-29)28-15-13-26(14-16-28)17-20(30)27-9-3-2-4-10-27/h18H,2-17H2,1H3,(H,23,24). The number of thiazole rings is 1. The van der Waals surface area contributed by atoms with Crippen molar-refractivity contribution in [3.8, 4) is 0 Å². The van der Waals surface area contributed by atoms with E-state index in [9.17, 15) is 4.79 Å². The fourth-order valence-electron chi connectivity index (χ4n) is 4.65. The average Bonchev–Trinajstić information content (AvgIpc) is 3.50. The summed E-state index contributed by atoms with van der Waals surface area (Å²) in [6.07, 6.45) is 7.05. The van der Waals surface area contributed by atoms with Crippen LogP contribution in [0, 0.1) is 0 Å². The van der Waals surface area contributed by atoms with Crippen LogP contribution < -0.4 is 10.2 Å². The van der Waals surface area contributed by atoms with Gasteiger partial charge in [-0.2, -0.15) is 0 Å². The van der Waals surface area contributed by atoms with Crippen LogP contribution in [-0.4, -0.2) is 104 Å². The Bertz CT molecular complexity index is 732. The summed E-state index contributed by atoms with van der Waals surface area (Å²) in [6, 6.07) is 0. The lowest BCUT2D eigenvalue weighted by Gasteiger charge is -2.37. The van der Waals surface area contributed by atoms with Gasteiger partial charge in [0.25, 0.3) is 0 Å². The third kappa shape index (κ3) is 6.10. The van der Waals surface area contributed by atoms with Crippen molar-refractivity contribution >= 4 is 28.3 Å². The van der Waals surface area contributed by atoms with Gasteiger partial charge in [-0.1, -0.05) is 0 Å². The summed E-state index contributed by atoms with van der Waals surface area (Å²) in [5, 5.41) is 6.87. The van der Waals surface area contributed by atoms with Gasteiger partial charge in [-0.3, -0.25) is 14.7 Å². The molecule has 9 heteroatoms. The van der Waals surface area contributed by atoms with Gasteiger partial charge in [0.2, 0.25) is 5.91 Å². The zero-order valence-corrected chi connectivity index (χ0v) is 19.7. The number of anilines is 1. The molecule has 4 heterocycles. The first kappa shape index (κ1) is 22.3. The van der Waals surface area contributed by atoms with Crippen molar-refractivity contribution in [2.24, 2.45) is 4.99 Å². The fourth-order valence-corrected chi connectivity index (χ4v) is 5.57. The molecule has 1 N–H and O–H groups in total. The van der Waals surface area contributed by atoms with Crippen LogP contribution in [0.3, 0.4) is 0 Å². The summed E-state index contributed by atoms with van der Waals surface area (Å²) in [4.78, 5) is 30.9. The van der Waals surface area contributed by atoms with Crippen LogP contribution in [0.25, 0.3) is 0 Å². The van der Waals surface area contributed by atoms with E-state index in [-0.39, 0.29) is 0 Å². The van der Waals surface area contributed by atoms with E-state index in [1.807, 2.05) is 11.9 Å². The number of hydrogen-bond acceptors (Lipinski definition) is 6. The zero-order valence-electron chi connectivity index (χ0n) is 18.9. The monoisotopic (exact) mass is 447 g/mol. The molecule has 0 atom stereocenters. The lowest BCUT2D eigenvalue weighted by Crippen LogP contribution is -2.54. The largest absolute Gasteiger partial charge is 0.356 e. The van der Waals surface area contributed by atoms with Crippen LogP contribution >= 0.6 is 11.3 Å². The molecule has 1 amide bonds. The third-order valence-corrected chi connectivity index (χ3v) is 7.48. The van der Waals surface area contributed by atoms with E-state index in [0.717, 1.165) is 89.8 Å². The smallest absolute Gasteiger partial charge is 0.236 e. The number of guanidine groups is 1. The number of aliphatic imine (C=N–C) groups is 1. The van der Waals surface area contributed by atoms with Gasteiger partial charge >= 0.3 is 0 Å². The first-order valence-corrected chi connectivity index (χ1v) is 12.8. The molecule has 172 valence electrons. The Morgan fingerprint density at radius 3 is 2.42 bits per heavy atom. The molecule has 0 bridgehead atoms. The Kier molecular flexibility index (Phi) is 8.02. The van der Waals surface area contributed by atoms with Crippen LogP contribution in [-0.2, 0) is 11.2 Å². The lowest BCUT2D eigenvalue weighted by atomic mass is 10.1. The minimum Gasteiger partial charge on any atom is -0.356 e. The van der Waals surface area contributed by atoms with Gasteiger partial charge < -0.3 is 20.0 Å². The van der Waals surface area contributed by atoms with Gasteiger partial charge in [0.1, 0.15) is 0 Å². The van der Waals surface area contributed by atoms with Gasteiger partial charge in [0.15, 0.2) is 11.1 Å². The van der Waals surface area contributed by atoms with Crippen molar-refractivity contribution < 1.29 is 4.79 Å². The van der Waals surface area contributed by atoms with Gasteiger partial charge in [-0.25, -0.2) is 4.98 Å². The van der Waals surface area contributed by atoms with E-state index in [0.29, 0.717) is 12.5 Å². The molecule has 1 aromatic rings. The summed E-state index contributed by atoms with van der Waals surface area (Å²) >= 11 is 1.76. The third-order valence-electron chi connectivity index (χ3n) is 6.53. The minimum atomic E-state index is 0.298. The van der Waals surface area contributed by atoms with Crippen molar-refractivity contribution in [1.82, 2.24) is 25.0 Å². The quantitative estimate of drug-likeness (QED) is 0.527. The summed E-state index contributed by atoms with van der Waals surface area (Å²) in [6.45, 7) is 9.19. The van der Waals surface area contributed by atoms with Crippen LogP contribution in [0.4, 0.5) is 5.13 Å². The molecule has 31 heavy (non-hydrogen) atoms. The second kappa shape index (κ2) is 11.1. The molecule has 0 spiro atoms. The molecular formula is C22H37N7OS. The van der Waals surface area contributed by atoms with E-state index in [1.165, 1.54) is 24.4 Å². The van der Waals surface area contributed by atoms with Crippen LogP contribution in [0.5, 0.6) is 0 Å². The van der Waals surface area contributed by atoms with Crippen LogP contribution in [0.15, 0.2) is 10.4 Å². The molecule has 3 fully saturated rings. The molecule has 0 aromatic carbocycles. The molecule has 3 saturated heterocycles. The normalized spacial score (nSPS) is 21.1. The van der Waals surface area contributed by atoms with E-state index < -0.39 is 0 Å². The maximum atomic E-state index is 12.5. The number of carbonyl (C=O) groups excluding carboxylic acids is 1. The number of amides is 1. The highest BCUT2D eigenvalue weighted by atomic mass is 32.1. The first-order chi connectivity index (χ1) is 15.2. The molecule has 0 aliphatic carbocycles. The Morgan fingerprint density at radius 1 is 1.00 bits per heavy atom. The molecule has 3 aliphatic heterocycles. The summed E-state index contributed by atoms with van der Waals surface area (Å²) in [7, 11) is 1.85. The topological polar surface area (TPSA) is 67.3 Å². The van der Waals surface area contributed by atoms with E-state index in [2.05, 4.69) is 30.4 Å². The maximum Gasteiger partial charge on any atom is 0.236 e. The number of hydrogen-bond donors (Lipinski definition) is 1. The lowest BCUT2D eigenvalue weighted by molar-refractivity contribution is -0.133. The molecular weight excluding hydrogens is 410 g/mol. The Hall–Kier alpha value is -1.87. The molecule has 1 aromatic heterocycles. The molecule has 0 saturated carbocycles. The van der Waals surface area contributed by atoms with Crippen molar-refractivity contribution in [3.63, 3.8) is 0 Å². The zero-order chi connectivity index (χ0) is 21.5. The summed E-state index contributed by atoms with van der Waals surface area (Å²) in [5.74, 6) is 1.25. The summed E-state index contributed by atoms with van der Waals surface area (Å²) < 4.78 is 0. The number of carbonyl (C=O) groups is 1. The Labute approximate surface area is 190 Å². The summed E-state index contributed by atoms with van der Waals surface area (Å²) in [5.41, 5.74) is 1.16. The first-order valence-electron chi connectivity index (χ1n) is 11.9. The van der Waals surface area contributed by atoms with Crippen molar-refractivity contribution in [2.45, 2.75) is 38.5 Å². The van der Waals surface area contributed by atoms with E-state index in [1.54, 1.807) is 11.3 Å². The second-order valence-electron chi connectivity index (χ2n) is 8.74. The number of likely N-dealkylation sites (tertiary alicyclic amines) is 1. The van der Waals surface area contributed by atoms with Gasteiger partial charge in [0, 0.05) is 77.8 Å². The highest BCUT2D eigenvalue weighted by Gasteiger charge is 2.24. The van der Waals surface area contributed by atoms with Gasteiger partial charge in [-0.15, -0.1) is 11.3 Å². The highest BCUT2D eigenvalue weighted by Crippen LogP contribution is 2.24. The number of piperidine rings is 1. The number of nitrogens with zero attached hydrogens (tertiary/aromatic N) is 6. The molecule has 8 nitrogen and oxygen atoms in total. The maximum absolute atomic E-state index is 12.5. The minimum absolute atomic E-state index is 0.298. The van der Waals surface area contributed by atoms with Crippen LogP contribution in [0.1, 0.15) is 37.8 Å². The number of nitrogens with one attached hydrogen (secondary N) is 1. The Balaban J connectivity index is 1.17. The SMILES string of the molecule is CN=C(NCCc1csc(N2CCCC2)n1)N1CCN(CC(=O)N2CCCCC2)CC1. The Morgan fingerprint density at radius 2 is 1.71 bits per heavy atom.